The minimum absolute atomic E-state index is 0.194. The highest BCUT2D eigenvalue weighted by Gasteiger charge is 2.27. The van der Waals surface area contributed by atoms with E-state index in [4.69, 9.17) is 4.74 Å². The second kappa shape index (κ2) is 9.26. The summed E-state index contributed by atoms with van der Waals surface area (Å²) >= 11 is 0. The summed E-state index contributed by atoms with van der Waals surface area (Å²) < 4.78 is 22.6. The Hall–Kier alpha value is -4.52. The number of nitrogens with one attached hydrogen (secondary N) is 1. The van der Waals surface area contributed by atoms with Crippen LogP contribution in [0.4, 0.5) is 4.39 Å². The summed E-state index contributed by atoms with van der Waals surface area (Å²) in [6.45, 7) is 0.868. The lowest BCUT2D eigenvalue weighted by Crippen LogP contribution is -2.34. The highest BCUT2D eigenvalue weighted by atomic mass is 19.1. The van der Waals surface area contributed by atoms with Gasteiger partial charge in [0.15, 0.2) is 11.6 Å². The molecule has 178 valence electrons. The van der Waals surface area contributed by atoms with Gasteiger partial charge in [0.2, 0.25) is 0 Å². The van der Waals surface area contributed by atoms with Crippen molar-refractivity contribution in [2.75, 3.05) is 6.54 Å². The van der Waals surface area contributed by atoms with E-state index in [1.807, 2.05) is 66.9 Å². The Morgan fingerprint density at radius 1 is 1.06 bits per heavy atom. The van der Waals surface area contributed by atoms with E-state index in [1.54, 1.807) is 23.1 Å². The Morgan fingerprint density at radius 2 is 1.97 bits per heavy atom. The van der Waals surface area contributed by atoms with Gasteiger partial charge in [-0.05, 0) is 53.6 Å². The fraction of sp³-hybridized carbons (Fsp3) is 0.138. The molecule has 1 atom stereocenters. The van der Waals surface area contributed by atoms with Gasteiger partial charge in [-0.15, -0.1) is 0 Å². The standard InChI is InChI=1S/C29H23FN4O2/c30-26-15-22(24-12-20-6-1-2-8-27(20)31-16-24)13-23-14-25(36-28(23)26)17-32-29(35)21-7-3-5-19(11-21)18-34-10-4-9-33-34/h1-13,15-16,25H,14,17-18H2,(H,32,35)/t25-/m0/s1. The smallest absolute Gasteiger partial charge is 0.251 e. The molecule has 6 nitrogen and oxygen atoms in total. The van der Waals surface area contributed by atoms with Crippen molar-refractivity contribution in [2.45, 2.75) is 19.1 Å². The van der Waals surface area contributed by atoms with E-state index < -0.39 is 5.82 Å². The topological polar surface area (TPSA) is 69.0 Å². The van der Waals surface area contributed by atoms with Gasteiger partial charge in [0.25, 0.3) is 5.91 Å². The van der Waals surface area contributed by atoms with Crippen LogP contribution in [0, 0.1) is 5.82 Å². The van der Waals surface area contributed by atoms with Crippen molar-refractivity contribution >= 4 is 16.8 Å². The van der Waals surface area contributed by atoms with Gasteiger partial charge in [-0.2, -0.15) is 5.10 Å². The van der Waals surface area contributed by atoms with Crippen LogP contribution in [0.3, 0.4) is 0 Å². The lowest BCUT2D eigenvalue weighted by atomic mass is 10.0. The number of rotatable bonds is 6. The molecule has 3 heterocycles. The van der Waals surface area contributed by atoms with E-state index in [-0.39, 0.29) is 24.3 Å². The first-order valence-corrected chi connectivity index (χ1v) is 11.8. The first kappa shape index (κ1) is 22.0. The Balaban J connectivity index is 1.13. The first-order chi connectivity index (χ1) is 17.6. The van der Waals surface area contributed by atoms with Crippen LogP contribution in [-0.2, 0) is 13.0 Å². The maximum Gasteiger partial charge on any atom is 0.251 e. The quantitative estimate of drug-likeness (QED) is 0.372. The number of pyridine rings is 1. The van der Waals surface area contributed by atoms with Gasteiger partial charge in [0.05, 0.1) is 18.6 Å². The average Bonchev–Trinajstić information content (AvgIpc) is 3.57. The summed E-state index contributed by atoms with van der Waals surface area (Å²) in [5, 5.41) is 8.14. The zero-order valence-corrected chi connectivity index (χ0v) is 19.4. The van der Waals surface area contributed by atoms with Crippen molar-refractivity contribution < 1.29 is 13.9 Å². The molecule has 1 aliphatic heterocycles. The molecule has 1 aliphatic rings. The highest BCUT2D eigenvalue weighted by molar-refractivity contribution is 5.94. The predicted molar refractivity (Wildman–Crippen MR) is 135 cm³/mol. The SMILES string of the molecule is O=C(NC[C@@H]1Cc2cc(-c3cnc4ccccc4c3)cc(F)c2O1)c1cccc(Cn2cccn2)c1. The zero-order valence-electron chi connectivity index (χ0n) is 19.4. The lowest BCUT2D eigenvalue weighted by Gasteiger charge is -2.12. The molecule has 7 heteroatoms. The molecule has 0 bridgehead atoms. The predicted octanol–water partition coefficient (Wildman–Crippen LogP) is 5.02. The zero-order chi connectivity index (χ0) is 24.5. The van der Waals surface area contributed by atoms with Crippen molar-refractivity contribution in [3.05, 3.63) is 114 Å². The second-order valence-corrected chi connectivity index (χ2v) is 8.92. The summed E-state index contributed by atoms with van der Waals surface area (Å²) in [5.41, 5.74) is 4.84. The summed E-state index contributed by atoms with van der Waals surface area (Å²) in [6, 6.07) is 22.6. The number of ether oxygens (including phenoxy) is 1. The van der Waals surface area contributed by atoms with Crippen LogP contribution in [0.15, 0.2) is 91.4 Å². The number of halogens is 1. The van der Waals surface area contributed by atoms with Crippen molar-refractivity contribution in [1.82, 2.24) is 20.1 Å². The third kappa shape index (κ3) is 4.43. The monoisotopic (exact) mass is 478 g/mol. The number of benzene rings is 3. The Bertz CT molecular complexity index is 1570. The maximum absolute atomic E-state index is 14.9. The van der Waals surface area contributed by atoms with Gasteiger partial charge < -0.3 is 10.1 Å². The Labute approximate surface area is 207 Å². The van der Waals surface area contributed by atoms with Gasteiger partial charge in [0, 0.05) is 47.1 Å². The van der Waals surface area contributed by atoms with Crippen molar-refractivity contribution in [1.29, 1.82) is 0 Å². The molecule has 0 radical (unpaired) electrons. The third-order valence-electron chi connectivity index (χ3n) is 6.36. The molecule has 0 unspecified atom stereocenters. The van der Waals surface area contributed by atoms with Gasteiger partial charge in [0.1, 0.15) is 6.10 Å². The van der Waals surface area contributed by atoms with Crippen LogP contribution in [0.25, 0.3) is 22.0 Å². The van der Waals surface area contributed by atoms with Crippen LogP contribution in [-0.4, -0.2) is 33.3 Å². The van der Waals surface area contributed by atoms with E-state index in [2.05, 4.69) is 15.4 Å². The molecule has 5 aromatic rings. The lowest BCUT2D eigenvalue weighted by molar-refractivity contribution is 0.0932. The van der Waals surface area contributed by atoms with Crippen molar-refractivity contribution in [3.8, 4) is 16.9 Å². The van der Waals surface area contributed by atoms with Crippen LogP contribution in [0.2, 0.25) is 0 Å². The number of aromatic nitrogens is 3. The van der Waals surface area contributed by atoms with E-state index in [0.717, 1.165) is 33.2 Å². The Morgan fingerprint density at radius 3 is 2.86 bits per heavy atom. The average molecular weight is 479 g/mol. The number of hydrogen-bond acceptors (Lipinski definition) is 4. The second-order valence-electron chi connectivity index (χ2n) is 8.92. The molecule has 1 amide bonds. The van der Waals surface area contributed by atoms with Crippen molar-refractivity contribution in [3.63, 3.8) is 0 Å². The van der Waals surface area contributed by atoms with Crippen LogP contribution >= 0.6 is 0 Å². The molecular formula is C29H23FN4O2. The number of amides is 1. The van der Waals surface area contributed by atoms with E-state index in [0.29, 0.717) is 18.5 Å². The molecule has 0 fully saturated rings. The fourth-order valence-electron chi connectivity index (χ4n) is 4.60. The molecule has 0 spiro atoms. The third-order valence-corrected chi connectivity index (χ3v) is 6.36. The largest absolute Gasteiger partial charge is 0.485 e. The summed E-state index contributed by atoms with van der Waals surface area (Å²) in [5.74, 6) is -0.343. The summed E-state index contributed by atoms with van der Waals surface area (Å²) in [6.07, 6.45) is 5.54. The minimum atomic E-state index is -0.407. The fourth-order valence-corrected chi connectivity index (χ4v) is 4.60. The molecule has 0 saturated carbocycles. The minimum Gasteiger partial charge on any atom is -0.485 e. The first-order valence-electron chi connectivity index (χ1n) is 11.8. The molecule has 0 saturated heterocycles. The number of hydrogen-bond donors (Lipinski definition) is 1. The van der Waals surface area contributed by atoms with Crippen molar-refractivity contribution in [2.24, 2.45) is 0 Å². The highest BCUT2D eigenvalue weighted by Crippen LogP contribution is 2.36. The maximum atomic E-state index is 14.9. The Kier molecular flexibility index (Phi) is 5.65. The number of nitrogens with zero attached hydrogens (tertiary/aromatic N) is 3. The molecular weight excluding hydrogens is 455 g/mol. The van der Waals surface area contributed by atoms with Gasteiger partial charge in [-0.3, -0.25) is 14.5 Å². The molecule has 36 heavy (non-hydrogen) atoms. The number of carbonyl (C=O) groups excluding carboxylic acids is 1. The molecule has 0 aliphatic carbocycles. The summed E-state index contributed by atoms with van der Waals surface area (Å²) in [4.78, 5) is 17.3. The van der Waals surface area contributed by atoms with Gasteiger partial charge >= 0.3 is 0 Å². The number of carbonyl (C=O) groups is 1. The molecule has 2 aromatic heterocycles. The van der Waals surface area contributed by atoms with Crippen LogP contribution < -0.4 is 10.1 Å². The molecule has 1 N–H and O–H groups in total. The molecule has 3 aromatic carbocycles. The van der Waals surface area contributed by atoms with E-state index in [1.165, 1.54) is 6.07 Å². The normalized spacial score (nSPS) is 14.4. The number of fused-ring (bicyclic) bond motifs is 2. The van der Waals surface area contributed by atoms with Gasteiger partial charge in [-0.1, -0.05) is 30.3 Å². The van der Waals surface area contributed by atoms with E-state index >= 15 is 0 Å². The van der Waals surface area contributed by atoms with Crippen LogP contribution in [0.5, 0.6) is 5.75 Å². The van der Waals surface area contributed by atoms with Gasteiger partial charge in [-0.25, -0.2) is 4.39 Å². The molecule has 6 rings (SSSR count). The summed E-state index contributed by atoms with van der Waals surface area (Å²) in [7, 11) is 0. The van der Waals surface area contributed by atoms with E-state index in [9.17, 15) is 9.18 Å². The number of para-hydroxylation sites is 1. The van der Waals surface area contributed by atoms with Crippen LogP contribution in [0.1, 0.15) is 21.5 Å².